The number of phenols is 3. The van der Waals surface area contributed by atoms with E-state index in [1.807, 2.05) is 0 Å². The molecule has 0 bridgehead atoms. The molecule has 11 heteroatoms. The van der Waals surface area contributed by atoms with Crippen LogP contribution in [0.4, 0.5) is 5.95 Å². The summed E-state index contributed by atoms with van der Waals surface area (Å²) in [5.41, 5.74) is -0.365. The molecule has 4 N–H and O–H groups in total. The number of aromatic hydroxyl groups is 3. The van der Waals surface area contributed by atoms with E-state index in [9.17, 15) is 25.4 Å². The molecular formula is C15H11N5O6. The second kappa shape index (κ2) is 5.51. The second-order valence-corrected chi connectivity index (χ2v) is 5.43. The highest BCUT2D eigenvalue weighted by molar-refractivity contribution is 5.58. The summed E-state index contributed by atoms with van der Waals surface area (Å²) in [5.74, 6) is -1.31. The fourth-order valence-corrected chi connectivity index (χ4v) is 2.70. The molecule has 1 aromatic carbocycles. The Balaban J connectivity index is 1.91. The quantitative estimate of drug-likeness (QED) is 0.311. The first-order chi connectivity index (χ1) is 12.5. The maximum atomic E-state index is 11.5. The van der Waals surface area contributed by atoms with E-state index in [1.165, 1.54) is 17.0 Å². The fourth-order valence-electron chi connectivity index (χ4n) is 2.70. The highest BCUT2D eigenvalue weighted by Gasteiger charge is 2.38. The minimum Gasteiger partial charge on any atom is -0.504 e. The number of nitrogens with one attached hydrogen (secondary N) is 1. The smallest absolute Gasteiger partial charge is 0.291 e. The second-order valence-electron chi connectivity index (χ2n) is 5.43. The van der Waals surface area contributed by atoms with Gasteiger partial charge in [-0.25, -0.2) is 4.68 Å². The first-order valence-electron chi connectivity index (χ1n) is 7.32. The molecule has 0 radical (unpaired) electrons. The van der Waals surface area contributed by atoms with Crippen LogP contribution in [-0.2, 0) is 0 Å². The lowest BCUT2D eigenvalue weighted by molar-refractivity contribution is -0.431. The molecule has 0 aliphatic carbocycles. The summed E-state index contributed by atoms with van der Waals surface area (Å²) in [6.45, 7) is 0. The van der Waals surface area contributed by atoms with Gasteiger partial charge in [-0.1, -0.05) is 0 Å². The monoisotopic (exact) mass is 357 g/mol. The van der Waals surface area contributed by atoms with Crippen molar-refractivity contribution in [3.63, 3.8) is 0 Å². The summed E-state index contributed by atoms with van der Waals surface area (Å²) < 4.78 is 6.43. The number of hydrogen-bond donors (Lipinski definition) is 4. The molecule has 1 unspecified atom stereocenters. The predicted molar refractivity (Wildman–Crippen MR) is 86.0 cm³/mol. The summed E-state index contributed by atoms with van der Waals surface area (Å²) in [5, 5.41) is 47.8. The zero-order valence-electron chi connectivity index (χ0n) is 12.9. The maximum absolute atomic E-state index is 11.5. The summed E-state index contributed by atoms with van der Waals surface area (Å²) in [7, 11) is 0. The average molecular weight is 357 g/mol. The van der Waals surface area contributed by atoms with Gasteiger partial charge < -0.3 is 25.1 Å². The van der Waals surface area contributed by atoms with Crippen LogP contribution in [0, 0.1) is 10.1 Å². The third kappa shape index (κ3) is 2.22. The molecule has 1 aliphatic heterocycles. The van der Waals surface area contributed by atoms with Gasteiger partial charge >= 0.3 is 0 Å². The Morgan fingerprint density at radius 3 is 2.73 bits per heavy atom. The van der Waals surface area contributed by atoms with E-state index in [0.29, 0.717) is 5.76 Å². The molecule has 11 nitrogen and oxygen atoms in total. The van der Waals surface area contributed by atoms with Crippen molar-refractivity contribution in [2.45, 2.75) is 6.04 Å². The van der Waals surface area contributed by atoms with Crippen LogP contribution >= 0.6 is 0 Å². The van der Waals surface area contributed by atoms with E-state index in [4.69, 9.17) is 4.42 Å². The Kier molecular flexibility index (Phi) is 3.29. The molecule has 0 amide bonds. The average Bonchev–Trinajstić information content (AvgIpc) is 3.28. The molecule has 1 atom stereocenters. The molecule has 0 spiro atoms. The number of rotatable bonds is 3. The van der Waals surface area contributed by atoms with Crippen LogP contribution in [0.25, 0.3) is 11.6 Å². The Hall–Kier alpha value is -4.02. The minimum absolute atomic E-state index is 0.0260. The van der Waals surface area contributed by atoms with Gasteiger partial charge in [0.2, 0.25) is 17.5 Å². The van der Waals surface area contributed by atoms with Crippen molar-refractivity contribution in [3.05, 3.63) is 58.1 Å². The van der Waals surface area contributed by atoms with E-state index >= 15 is 0 Å². The molecule has 3 heterocycles. The van der Waals surface area contributed by atoms with Crippen LogP contribution in [0.1, 0.15) is 11.6 Å². The van der Waals surface area contributed by atoms with Gasteiger partial charge in [0.1, 0.15) is 0 Å². The van der Waals surface area contributed by atoms with E-state index in [2.05, 4.69) is 15.4 Å². The predicted octanol–water partition coefficient (Wildman–Crippen LogP) is 1.79. The molecule has 0 saturated carbocycles. The number of furan rings is 1. The number of benzene rings is 1. The van der Waals surface area contributed by atoms with Crippen molar-refractivity contribution in [1.82, 2.24) is 14.8 Å². The maximum Gasteiger partial charge on any atom is 0.291 e. The van der Waals surface area contributed by atoms with Gasteiger partial charge in [-0.2, -0.15) is 4.98 Å². The van der Waals surface area contributed by atoms with Crippen LogP contribution in [0.3, 0.4) is 0 Å². The highest BCUT2D eigenvalue weighted by Crippen LogP contribution is 2.44. The largest absolute Gasteiger partial charge is 0.504 e. The van der Waals surface area contributed by atoms with Gasteiger partial charge in [0.15, 0.2) is 23.3 Å². The van der Waals surface area contributed by atoms with E-state index in [1.54, 1.807) is 12.1 Å². The Bertz CT molecular complexity index is 1040. The van der Waals surface area contributed by atoms with E-state index < -0.39 is 28.2 Å². The number of nitro groups is 1. The van der Waals surface area contributed by atoms with Crippen molar-refractivity contribution < 1.29 is 24.7 Å². The lowest BCUT2D eigenvalue weighted by Crippen LogP contribution is -2.25. The Morgan fingerprint density at radius 1 is 1.23 bits per heavy atom. The number of hydrogen-bond acceptors (Lipinski definition) is 9. The molecule has 26 heavy (non-hydrogen) atoms. The van der Waals surface area contributed by atoms with Gasteiger partial charge in [0.25, 0.3) is 5.70 Å². The van der Waals surface area contributed by atoms with Crippen molar-refractivity contribution >= 4 is 5.95 Å². The van der Waals surface area contributed by atoms with Crippen molar-refractivity contribution in [2.75, 3.05) is 5.32 Å². The number of allylic oxidation sites excluding steroid dienone is 1. The highest BCUT2D eigenvalue weighted by atomic mass is 16.6. The summed E-state index contributed by atoms with van der Waals surface area (Å²) in [4.78, 5) is 15.0. The number of aromatic nitrogens is 3. The van der Waals surface area contributed by atoms with E-state index in [0.717, 1.165) is 12.3 Å². The van der Waals surface area contributed by atoms with Crippen molar-refractivity contribution in [1.29, 1.82) is 0 Å². The molecule has 3 aromatic rings. The summed E-state index contributed by atoms with van der Waals surface area (Å²) in [6.07, 6.45) is 2.56. The third-order valence-corrected chi connectivity index (χ3v) is 3.91. The molecule has 1 aliphatic rings. The Morgan fingerprint density at radius 2 is 2.04 bits per heavy atom. The first-order valence-corrected chi connectivity index (χ1v) is 7.32. The molecular weight excluding hydrogens is 346 g/mol. The first kappa shape index (κ1) is 15.5. The van der Waals surface area contributed by atoms with Crippen LogP contribution < -0.4 is 5.32 Å². The Labute approximate surface area is 144 Å². The van der Waals surface area contributed by atoms with Gasteiger partial charge in [0.05, 0.1) is 17.4 Å². The van der Waals surface area contributed by atoms with Crippen LogP contribution in [-0.4, -0.2) is 35.0 Å². The van der Waals surface area contributed by atoms with Crippen LogP contribution in [0.2, 0.25) is 0 Å². The number of nitrogens with zero attached hydrogens (tertiary/aromatic N) is 4. The summed E-state index contributed by atoms with van der Waals surface area (Å²) >= 11 is 0. The molecule has 4 rings (SSSR count). The molecule has 132 valence electrons. The molecule has 0 fully saturated rings. The lowest BCUT2D eigenvalue weighted by Gasteiger charge is -2.21. The van der Waals surface area contributed by atoms with Gasteiger partial charge in [-0.05, 0) is 24.3 Å². The zero-order valence-corrected chi connectivity index (χ0v) is 12.9. The number of fused-ring (bicyclic) bond motifs is 1. The van der Waals surface area contributed by atoms with Gasteiger partial charge in [0, 0.05) is 5.56 Å². The fraction of sp³-hybridized carbons (Fsp3) is 0.0667. The SMILES string of the molecule is O=[N+]([O-])C1=CNc2nc(-c3ccco3)nn2C1c1ccc(O)c(O)c1O. The normalized spacial score (nSPS) is 15.8. The standard InChI is InChI=1S/C15H11N5O6/c21-9-4-3-7(12(22)13(9)23)11-8(20(24)25)6-16-15-17-14(18-19(11)15)10-2-1-5-26-10/h1-6,11,21-23H,(H,16,17,18). The summed E-state index contributed by atoms with van der Waals surface area (Å²) in [6, 6.07) is 4.46. The van der Waals surface area contributed by atoms with Crippen molar-refractivity contribution in [2.24, 2.45) is 0 Å². The molecule has 0 saturated heterocycles. The van der Waals surface area contributed by atoms with Gasteiger partial charge in [-0.3, -0.25) is 10.1 Å². The molecule has 2 aromatic heterocycles. The third-order valence-electron chi connectivity index (χ3n) is 3.91. The minimum atomic E-state index is -1.19. The van der Waals surface area contributed by atoms with E-state index in [-0.39, 0.29) is 23.0 Å². The van der Waals surface area contributed by atoms with Crippen LogP contribution in [0.5, 0.6) is 17.2 Å². The van der Waals surface area contributed by atoms with Gasteiger partial charge in [-0.15, -0.1) is 5.10 Å². The lowest BCUT2D eigenvalue weighted by atomic mass is 10.0. The zero-order chi connectivity index (χ0) is 18.4. The number of phenolic OH excluding ortho intramolecular Hbond substituents is 3. The van der Waals surface area contributed by atoms with Crippen LogP contribution in [0.15, 0.2) is 46.8 Å². The topological polar surface area (TPSA) is 160 Å². The number of anilines is 1. The van der Waals surface area contributed by atoms with Crippen molar-refractivity contribution in [3.8, 4) is 28.8 Å².